The van der Waals surface area contributed by atoms with E-state index in [-0.39, 0.29) is 6.61 Å². The Morgan fingerprint density at radius 2 is 1.66 bits per heavy atom. The molecule has 192 valence electrons. The summed E-state index contributed by atoms with van der Waals surface area (Å²) in [5, 5.41) is 12.0. The summed E-state index contributed by atoms with van der Waals surface area (Å²) in [7, 11) is 0. The van der Waals surface area contributed by atoms with Gasteiger partial charge in [-0.15, -0.1) is 0 Å². The number of hydrogen-bond acceptors (Lipinski definition) is 5. The molecule has 0 saturated carbocycles. The number of β-amino-alcohol motifs (C(OH)–C–C–N with tert-alkyl or cyclic N) is 1. The van der Waals surface area contributed by atoms with E-state index in [4.69, 9.17) is 21.1 Å². The van der Waals surface area contributed by atoms with Crippen LogP contribution < -0.4 is 9.47 Å². The van der Waals surface area contributed by atoms with Gasteiger partial charge in [-0.1, -0.05) is 30.2 Å². The second kappa shape index (κ2) is 12.4. The normalized spacial score (nSPS) is 21.7. The van der Waals surface area contributed by atoms with Gasteiger partial charge in [-0.2, -0.15) is 0 Å². The van der Waals surface area contributed by atoms with Gasteiger partial charge in [0.05, 0.1) is 6.61 Å². The van der Waals surface area contributed by atoms with Crippen molar-refractivity contribution in [2.24, 2.45) is 0 Å². The van der Waals surface area contributed by atoms with Gasteiger partial charge in [-0.25, -0.2) is 0 Å². The number of aliphatic hydroxyl groups is 1. The van der Waals surface area contributed by atoms with Gasteiger partial charge < -0.3 is 19.5 Å². The van der Waals surface area contributed by atoms with Gasteiger partial charge in [-0.3, -0.25) is 4.90 Å². The fourth-order valence-electron chi connectivity index (χ4n) is 5.32. The van der Waals surface area contributed by atoms with Crippen LogP contribution in [0.4, 0.5) is 0 Å². The predicted octanol–water partition coefficient (Wildman–Crippen LogP) is 5.62. The molecule has 2 aliphatic rings. The minimum Gasteiger partial charge on any atom is -0.494 e. The van der Waals surface area contributed by atoms with Crippen LogP contribution in [0.1, 0.15) is 55.2 Å². The molecule has 0 amide bonds. The highest BCUT2D eigenvalue weighted by molar-refractivity contribution is 6.32. The third-order valence-electron chi connectivity index (χ3n) is 7.19. The van der Waals surface area contributed by atoms with Crippen LogP contribution >= 0.6 is 11.6 Å². The number of hydrogen-bond donors (Lipinski definition) is 1. The molecule has 1 N–H and O–H groups in total. The average Bonchev–Trinajstić information content (AvgIpc) is 2.85. The lowest BCUT2D eigenvalue weighted by Crippen LogP contribution is -2.51. The van der Waals surface area contributed by atoms with Crippen LogP contribution in [0, 0.1) is 13.8 Å². The molecule has 2 aromatic carbocycles. The van der Waals surface area contributed by atoms with Crippen LogP contribution in [0.3, 0.4) is 0 Å². The lowest BCUT2D eigenvalue weighted by atomic mass is 9.93. The molecule has 35 heavy (non-hydrogen) atoms. The Morgan fingerprint density at radius 1 is 0.914 bits per heavy atom. The number of aryl methyl sites for hydroxylation is 2. The zero-order valence-corrected chi connectivity index (χ0v) is 22.2. The maximum atomic E-state index is 11.3. The van der Waals surface area contributed by atoms with E-state index in [1.54, 1.807) is 0 Å². The molecule has 1 atom stereocenters. The second-order valence-corrected chi connectivity index (χ2v) is 10.8. The van der Waals surface area contributed by atoms with Crippen LogP contribution in [0.15, 0.2) is 36.4 Å². The summed E-state index contributed by atoms with van der Waals surface area (Å²) in [6.07, 6.45) is 6.81. The minimum absolute atomic E-state index is 0.282. The molecule has 2 fully saturated rings. The molecule has 2 aromatic rings. The van der Waals surface area contributed by atoms with E-state index in [9.17, 15) is 5.11 Å². The Hall–Kier alpha value is -1.79. The third kappa shape index (κ3) is 7.85. The quantitative estimate of drug-likeness (QED) is 0.429. The fraction of sp³-hybridized carbons (Fsp3) is 0.586. The molecule has 4 rings (SSSR count). The molecule has 2 aliphatic heterocycles. The summed E-state index contributed by atoms with van der Waals surface area (Å²) >= 11 is 6.28. The molecule has 2 heterocycles. The standard InChI is InChI=1S/C29H41ClN2O3/c1-23-17-27(18-24(2)28(23)30)35-22-29(33)11-7-14-32(21-29)20-25-9-6-10-26(19-25)34-16-8-15-31-12-4-3-5-13-31/h6,9-10,17-19,33H,3-5,7-8,11-16,20-22H2,1-2H3/t29-/m0/s1. The van der Waals surface area contributed by atoms with E-state index in [1.165, 1.54) is 37.9 Å². The Morgan fingerprint density at radius 3 is 2.43 bits per heavy atom. The highest BCUT2D eigenvalue weighted by Gasteiger charge is 2.34. The molecule has 0 unspecified atom stereocenters. The lowest BCUT2D eigenvalue weighted by Gasteiger charge is -2.39. The van der Waals surface area contributed by atoms with Crippen molar-refractivity contribution >= 4 is 11.6 Å². The van der Waals surface area contributed by atoms with Gasteiger partial charge >= 0.3 is 0 Å². The maximum Gasteiger partial charge on any atom is 0.120 e. The van der Waals surface area contributed by atoms with E-state index in [0.29, 0.717) is 6.54 Å². The Balaban J connectivity index is 1.25. The van der Waals surface area contributed by atoms with E-state index in [2.05, 4.69) is 28.0 Å². The van der Waals surface area contributed by atoms with Crippen molar-refractivity contribution in [3.8, 4) is 11.5 Å². The molecule has 0 aromatic heterocycles. The van der Waals surface area contributed by atoms with Gasteiger partial charge in [0.1, 0.15) is 23.7 Å². The van der Waals surface area contributed by atoms with Crippen LogP contribution in [-0.2, 0) is 6.54 Å². The van der Waals surface area contributed by atoms with Crippen molar-refractivity contribution in [2.45, 2.75) is 64.5 Å². The van der Waals surface area contributed by atoms with Crippen molar-refractivity contribution in [3.05, 3.63) is 58.1 Å². The summed E-state index contributed by atoms with van der Waals surface area (Å²) in [6, 6.07) is 12.3. The van der Waals surface area contributed by atoms with E-state index in [1.807, 2.05) is 32.0 Å². The number of nitrogens with zero attached hydrogens (tertiary/aromatic N) is 2. The molecule has 5 nitrogen and oxygen atoms in total. The highest BCUT2D eigenvalue weighted by Crippen LogP contribution is 2.28. The largest absolute Gasteiger partial charge is 0.494 e. The van der Waals surface area contributed by atoms with Crippen molar-refractivity contribution < 1.29 is 14.6 Å². The molecule has 0 aliphatic carbocycles. The van der Waals surface area contributed by atoms with Gasteiger partial charge in [0.25, 0.3) is 0 Å². The molecule has 0 radical (unpaired) electrons. The number of benzene rings is 2. The van der Waals surface area contributed by atoms with Gasteiger partial charge in [0.2, 0.25) is 0 Å². The van der Waals surface area contributed by atoms with Gasteiger partial charge in [0, 0.05) is 24.7 Å². The first-order valence-electron chi connectivity index (χ1n) is 13.2. The zero-order chi connectivity index (χ0) is 24.7. The van der Waals surface area contributed by atoms with Crippen LogP contribution in [0.25, 0.3) is 0 Å². The summed E-state index contributed by atoms with van der Waals surface area (Å²) in [6.45, 7) is 11.0. The Kier molecular flexibility index (Phi) is 9.34. The van der Waals surface area contributed by atoms with Gasteiger partial charge in [0.15, 0.2) is 0 Å². The predicted molar refractivity (Wildman–Crippen MR) is 143 cm³/mol. The SMILES string of the molecule is Cc1cc(OC[C@]2(O)CCCN(Cc3cccc(OCCCN4CCCCC4)c3)C2)cc(C)c1Cl. The van der Waals surface area contributed by atoms with Crippen LogP contribution in [0.2, 0.25) is 5.02 Å². The monoisotopic (exact) mass is 500 g/mol. The smallest absolute Gasteiger partial charge is 0.120 e. The summed E-state index contributed by atoms with van der Waals surface area (Å²) in [5.74, 6) is 1.70. The number of rotatable bonds is 10. The maximum absolute atomic E-state index is 11.3. The lowest BCUT2D eigenvalue weighted by molar-refractivity contribution is -0.0621. The van der Waals surface area contributed by atoms with E-state index in [0.717, 1.165) is 73.2 Å². The van der Waals surface area contributed by atoms with Crippen LogP contribution in [0.5, 0.6) is 11.5 Å². The van der Waals surface area contributed by atoms with Crippen molar-refractivity contribution in [3.63, 3.8) is 0 Å². The highest BCUT2D eigenvalue weighted by atomic mass is 35.5. The van der Waals surface area contributed by atoms with E-state index < -0.39 is 5.60 Å². The fourth-order valence-corrected chi connectivity index (χ4v) is 5.43. The first kappa shape index (κ1) is 26.3. The minimum atomic E-state index is -0.859. The van der Waals surface area contributed by atoms with Crippen molar-refractivity contribution in [1.29, 1.82) is 0 Å². The summed E-state index contributed by atoms with van der Waals surface area (Å²) in [4.78, 5) is 4.88. The number of ether oxygens (including phenoxy) is 2. The first-order chi connectivity index (χ1) is 16.9. The van der Waals surface area contributed by atoms with Gasteiger partial charge in [-0.05, 0) is 107 Å². The second-order valence-electron chi connectivity index (χ2n) is 10.4. The molecular weight excluding hydrogens is 460 g/mol. The number of piperidine rings is 2. The van der Waals surface area contributed by atoms with Crippen LogP contribution in [-0.4, -0.2) is 66.4 Å². The third-order valence-corrected chi connectivity index (χ3v) is 7.79. The number of likely N-dealkylation sites (tertiary alicyclic amines) is 2. The first-order valence-corrected chi connectivity index (χ1v) is 13.6. The summed E-state index contributed by atoms with van der Waals surface area (Å²) < 4.78 is 12.1. The summed E-state index contributed by atoms with van der Waals surface area (Å²) in [5.41, 5.74) is 2.34. The molecular formula is C29H41ClN2O3. The van der Waals surface area contributed by atoms with E-state index >= 15 is 0 Å². The Labute approximate surface area is 216 Å². The average molecular weight is 501 g/mol. The molecule has 0 bridgehead atoms. The molecule has 0 spiro atoms. The molecule has 2 saturated heterocycles. The number of halogens is 1. The molecule has 6 heteroatoms. The topological polar surface area (TPSA) is 45.2 Å². The zero-order valence-electron chi connectivity index (χ0n) is 21.4. The van der Waals surface area contributed by atoms with Crippen molar-refractivity contribution in [2.75, 3.05) is 45.9 Å². The van der Waals surface area contributed by atoms with Crippen molar-refractivity contribution in [1.82, 2.24) is 9.80 Å². The Bertz CT molecular complexity index is 940.